The molecule has 0 bridgehead atoms. The summed E-state index contributed by atoms with van der Waals surface area (Å²) < 4.78 is 6.72. The first kappa shape index (κ1) is 19.9. The molecule has 0 fully saturated rings. The molecule has 6 heteroatoms. The van der Waals surface area contributed by atoms with Crippen LogP contribution in [0, 0.1) is 0 Å². The van der Waals surface area contributed by atoms with Gasteiger partial charge in [-0.15, -0.1) is 0 Å². The largest absolute Gasteiger partial charge is 0.481 e. The number of ether oxygens (including phenoxy) is 1. The van der Waals surface area contributed by atoms with Crippen molar-refractivity contribution in [3.8, 4) is 16.9 Å². The van der Waals surface area contributed by atoms with Crippen molar-refractivity contribution >= 4 is 39.0 Å². The van der Waals surface area contributed by atoms with Gasteiger partial charge in [0.05, 0.1) is 6.21 Å². The second kappa shape index (κ2) is 8.97. The number of nitrogens with zero attached hydrogens (tertiary/aromatic N) is 1. The van der Waals surface area contributed by atoms with Gasteiger partial charge in [-0.3, -0.25) is 4.79 Å². The maximum Gasteiger partial charge on any atom is 0.280 e. The molecular formula is C24H20BrN3O2. The van der Waals surface area contributed by atoms with Gasteiger partial charge < -0.3 is 9.72 Å². The molecule has 1 amide bonds. The molecule has 1 unspecified atom stereocenters. The number of nitrogens with one attached hydrogen (secondary N) is 2. The van der Waals surface area contributed by atoms with Crippen LogP contribution < -0.4 is 10.2 Å². The predicted molar refractivity (Wildman–Crippen MR) is 124 cm³/mol. The zero-order chi connectivity index (χ0) is 20.9. The number of carbonyl (C=O) groups excluding carboxylic acids is 1. The normalized spacial score (nSPS) is 12.2. The van der Waals surface area contributed by atoms with Gasteiger partial charge in [0.25, 0.3) is 5.91 Å². The Hall–Kier alpha value is -3.38. The van der Waals surface area contributed by atoms with Crippen LogP contribution in [0.15, 0.2) is 88.6 Å². The van der Waals surface area contributed by atoms with E-state index in [-0.39, 0.29) is 5.91 Å². The molecule has 4 aromatic rings. The lowest BCUT2D eigenvalue weighted by molar-refractivity contribution is -0.127. The van der Waals surface area contributed by atoms with Crippen LogP contribution in [-0.4, -0.2) is 23.2 Å². The van der Waals surface area contributed by atoms with Crippen molar-refractivity contribution in [3.05, 3.63) is 89.0 Å². The second-order valence-electron chi connectivity index (χ2n) is 6.82. The fraction of sp³-hybridized carbons (Fsp3) is 0.0833. The zero-order valence-corrected chi connectivity index (χ0v) is 17.9. The Bertz CT molecular complexity index is 1180. The monoisotopic (exact) mass is 461 g/mol. The summed E-state index contributed by atoms with van der Waals surface area (Å²) in [6.45, 7) is 1.69. The third-order valence-corrected chi connectivity index (χ3v) is 5.19. The van der Waals surface area contributed by atoms with Gasteiger partial charge in [-0.05, 0) is 48.4 Å². The molecule has 0 aliphatic heterocycles. The molecule has 0 saturated heterocycles. The lowest BCUT2D eigenvalue weighted by Gasteiger charge is -2.13. The Kier molecular flexibility index (Phi) is 5.95. The van der Waals surface area contributed by atoms with Crippen LogP contribution in [0.2, 0.25) is 0 Å². The molecule has 1 atom stereocenters. The first-order valence-corrected chi connectivity index (χ1v) is 10.3. The highest BCUT2D eigenvalue weighted by Crippen LogP contribution is 2.23. The summed E-state index contributed by atoms with van der Waals surface area (Å²) in [6.07, 6.45) is 2.78. The van der Waals surface area contributed by atoms with Gasteiger partial charge in [0, 0.05) is 27.1 Å². The molecule has 3 aromatic carbocycles. The maximum atomic E-state index is 12.3. The van der Waals surface area contributed by atoms with Crippen molar-refractivity contribution in [1.82, 2.24) is 10.4 Å². The Balaban J connectivity index is 1.35. The van der Waals surface area contributed by atoms with Crippen molar-refractivity contribution in [1.29, 1.82) is 0 Å². The number of fused-ring (bicyclic) bond motifs is 1. The lowest BCUT2D eigenvalue weighted by Crippen LogP contribution is -2.33. The third-order valence-electron chi connectivity index (χ3n) is 4.70. The highest BCUT2D eigenvalue weighted by atomic mass is 79.9. The summed E-state index contributed by atoms with van der Waals surface area (Å²) in [5.41, 5.74) is 6.65. The van der Waals surface area contributed by atoms with Gasteiger partial charge in [-0.25, -0.2) is 5.43 Å². The number of hydrogen-bond donors (Lipinski definition) is 2. The smallest absolute Gasteiger partial charge is 0.280 e. The zero-order valence-electron chi connectivity index (χ0n) is 16.3. The Labute approximate surface area is 182 Å². The van der Waals surface area contributed by atoms with Crippen molar-refractivity contribution in [3.63, 3.8) is 0 Å². The van der Waals surface area contributed by atoms with Crippen LogP contribution in [-0.2, 0) is 4.79 Å². The van der Waals surface area contributed by atoms with Gasteiger partial charge in [-0.2, -0.15) is 5.10 Å². The highest BCUT2D eigenvalue weighted by Gasteiger charge is 2.14. The number of benzene rings is 3. The number of carbonyl (C=O) groups is 1. The van der Waals surface area contributed by atoms with E-state index < -0.39 is 6.10 Å². The molecule has 0 radical (unpaired) electrons. The van der Waals surface area contributed by atoms with Gasteiger partial charge in [0.2, 0.25) is 0 Å². The summed E-state index contributed by atoms with van der Waals surface area (Å²) >= 11 is 3.47. The summed E-state index contributed by atoms with van der Waals surface area (Å²) in [7, 11) is 0. The quantitative estimate of drug-likeness (QED) is 0.293. The number of aromatic nitrogens is 1. The Morgan fingerprint density at radius 1 is 1.07 bits per heavy atom. The van der Waals surface area contributed by atoms with Gasteiger partial charge >= 0.3 is 0 Å². The minimum absolute atomic E-state index is 0.320. The van der Waals surface area contributed by atoms with Crippen LogP contribution in [0.3, 0.4) is 0 Å². The minimum Gasteiger partial charge on any atom is -0.481 e. The van der Waals surface area contributed by atoms with Gasteiger partial charge in [-0.1, -0.05) is 58.4 Å². The molecule has 0 aliphatic rings. The number of halogens is 1. The average molecular weight is 462 g/mol. The average Bonchev–Trinajstić information content (AvgIpc) is 3.17. The molecule has 0 aliphatic carbocycles. The maximum absolute atomic E-state index is 12.3. The van der Waals surface area contributed by atoms with Crippen LogP contribution in [0.4, 0.5) is 0 Å². The van der Waals surface area contributed by atoms with E-state index in [2.05, 4.69) is 43.6 Å². The van der Waals surface area contributed by atoms with E-state index in [1.54, 1.807) is 13.1 Å². The number of aromatic amines is 1. The van der Waals surface area contributed by atoms with E-state index >= 15 is 0 Å². The van der Waals surface area contributed by atoms with Crippen molar-refractivity contribution in [2.75, 3.05) is 0 Å². The Morgan fingerprint density at radius 3 is 2.57 bits per heavy atom. The molecule has 0 saturated carbocycles. The topological polar surface area (TPSA) is 66.5 Å². The van der Waals surface area contributed by atoms with E-state index in [0.717, 1.165) is 32.1 Å². The summed E-state index contributed by atoms with van der Waals surface area (Å²) in [5, 5.41) is 5.09. The highest BCUT2D eigenvalue weighted by molar-refractivity contribution is 9.10. The number of hydrogen-bond acceptors (Lipinski definition) is 3. The molecule has 4 rings (SSSR count). The number of hydrazone groups is 1. The van der Waals surface area contributed by atoms with Crippen molar-refractivity contribution < 1.29 is 9.53 Å². The lowest BCUT2D eigenvalue weighted by atomic mass is 10.1. The molecular weight excluding hydrogens is 442 g/mol. The van der Waals surface area contributed by atoms with E-state index in [1.165, 1.54) is 0 Å². The van der Waals surface area contributed by atoms with Crippen LogP contribution in [0.5, 0.6) is 5.75 Å². The molecule has 30 heavy (non-hydrogen) atoms. The van der Waals surface area contributed by atoms with Crippen molar-refractivity contribution in [2.24, 2.45) is 5.10 Å². The van der Waals surface area contributed by atoms with Crippen molar-refractivity contribution in [2.45, 2.75) is 13.0 Å². The first-order chi connectivity index (χ1) is 14.6. The Morgan fingerprint density at radius 2 is 1.80 bits per heavy atom. The second-order valence-corrected chi connectivity index (χ2v) is 7.73. The van der Waals surface area contributed by atoms with E-state index in [1.807, 2.05) is 66.9 Å². The number of rotatable bonds is 6. The molecule has 5 nitrogen and oxygen atoms in total. The summed E-state index contributed by atoms with van der Waals surface area (Å²) in [6, 6.07) is 23.7. The molecule has 1 aromatic heterocycles. The minimum atomic E-state index is -0.679. The first-order valence-electron chi connectivity index (χ1n) is 9.52. The third kappa shape index (κ3) is 4.60. The number of H-pyrrole nitrogens is 1. The number of amides is 1. The summed E-state index contributed by atoms with van der Waals surface area (Å²) in [4.78, 5) is 15.5. The van der Waals surface area contributed by atoms with Crippen LogP contribution >= 0.6 is 15.9 Å². The van der Waals surface area contributed by atoms with Crippen LogP contribution in [0.1, 0.15) is 12.5 Å². The molecule has 1 heterocycles. The van der Waals surface area contributed by atoms with E-state index in [0.29, 0.717) is 5.75 Å². The van der Waals surface area contributed by atoms with Gasteiger partial charge in [0.1, 0.15) is 5.75 Å². The predicted octanol–water partition coefficient (Wildman–Crippen LogP) is 5.52. The SMILES string of the molecule is CC(Oc1ccc(-c2ccccc2)cc1)C(=O)NN=Cc1c[nH]c2ccc(Br)cc12. The van der Waals surface area contributed by atoms with E-state index in [4.69, 9.17) is 4.74 Å². The molecule has 0 spiro atoms. The standard InChI is InChI=1S/C24H20BrN3O2/c1-16(30-21-10-7-18(8-11-21)17-5-3-2-4-6-17)24(29)28-27-15-19-14-26-23-12-9-20(25)13-22(19)23/h2-16,26H,1H3,(H,28,29). The van der Waals surface area contributed by atoms with Crippen LogP contribution in [0.25, 0.3) is 22.0 Å². The summed E-state index contributed by atoms with van der Waals surface area (Å²) in [5.74, 6) is 0.308. The fourth-order valence-electron chi connectivity index (χ4n) is 3.09. The molecule has 2 N–H and O–H groups in total. The fourth-order valence-corrected chi connectivity index (χ4v) is 3.45. The van der Waals surface area contributed by atoms with E-state index in [9.17, 15) is 4.79 Å². The molecule has 150 valence electrons. The van der Waals surface area contributed by atoms with Gasteiger partial charge in [0.15, 0.2) is 6.10 Å².